The Morgan fingerprint density at radius 1 is 1.23 bits per heavy atom. The first kappa shape index (κ1) is 12.4. The smallest absolute Gasteiger partial charge is 0.115 e. The summed E-state index contributed by atoms with van der Waals surface area (Å²) in [6, 6.07) is 6.05. The van der Waals surface area contributed by atoms with Crippen LogP contribution in [0.4, 0.5) is 0 Å². The number of hydrogen-bond acceptors (Lipinski definition) is 2. The van der Waals surface area contributed by atoms with E-state index in [1.165, 1.54) is 36.8 Å². The second-order valence-corrected chi connectivity index (χ2v) is 9.05. The maximum Gasteiger partial charge on any atom is 0.115 e. The maximum atomic E-state index is 10.9. The Kier molecular flexibility index (Phi) is 1.92. The van der Waals surface area contributed by atoms with Gasteiger partial charge in [0.1, 0.15) is 5.75 Å². The molecule has 8 atom stereocenters. The molecular weight excluding hydrogens is 272 g/mol. The van der Waals surface area contributed by atoms with Crippen LogP contribution in [0.5, 0.6) is 5.75 Å². The molecule has 116 valence electrons. The second-order valence-electron chi connectivity index (χ2n) is 9.05. The van der Waals surface area contributed by atoms with Crippen molar-refractivity contribution in [3.8, 4) is 5.75 Å². The number of fused-ring (bicyclic) bond motifs is 4. The molecule has 0 saturated heterocycles. The highest BCUT2D eigenvalue weighted by atomic mass is 16.3. The fourth-order valence-electron chi connectivity index (χ4n) is 8.03. The van der Waals surface area contributed by atoms with Crippen LogP contribution in [0.15, 0.2) is 18.2 Å². The van der Waals surface area contributed by atoms with Crippen molar-refractivity contribution in [2.45, 2.75) is 51.0 Å². The topological polar surface area (TPSA) is 40.5 Å². The van der Waals surface area contributed by atoms with Crippen molar-refractivity contribution in [1.29, 1.82) is 0 Å². The molecule has 1 aromatic carbocycles. The number of phenols is 1. The van der Waals surface area contributed by atoms with Gasteiger partial charge in [0.05, 0.1) is 6.10 Å². The summed E-state index contributed by atoms with van der Waals surface area (Å²) in [6.07, 6.45) is 6.15. The highest BCUT2D eigenvalue weighted by Gasteiger charge is 2.87. The minimum atomic E-state index is -0.0292. The number of aliphatic hydroxyl groups is 1. The number of hydrogen-bond donors (Lipinski definition) is 2. The lowest BCUT2D eigenvalue weighted by molar-refractivity contribution is -0.176. The lowest BCUT2D eigenvalue weighted by Crippen LogP contribution is -2.60. The van der Waals surface area contributed by atoms with Gasteiger partial charge in [0.25, 0.3) is 0 Å². The van der Waals surface area contributed by atoms with Crippen molar-refractivity contribution in [3.05, 3.63) is 29.3 Å². The van der Waals surface area contributed by atoms with Gasteiger partial charge in [0.2, 0.25) is 0 Å². The third-order valence-electron chi connectivity index (χ3n) is 8.85. The molecule has 1 aromatic rings. The molecule has 0 aliphatic heterocycles. The van der Waals surface area contributed by atoms with E-state index in [1.54, 1.807) is 0 Å². The molecule has 2 N–H and O–H groups in total. The quantitative estimate of drug-likeness (QED) is 0.769. The van der Waals surface area contributed by atoms with E-state index in [2.05, 4.69) is 13.0 Å². The zero-order valence-corrected chi connectivity index (χ0v) is 13.1. The molecule has 6 rings (SSSR count). The zero-order chi connectivity index (χ0) is 14.9. The Morgan fingerprint density at radius 3 is 2.95 bits per heavy atom. The lowest BCUT2D eigenvalue weighted by Gasteiger charge is -2.65. The van der Waals surface area contributed by atoms with Crippen molar-refractivity contribution in [1.82, 2.24) is 0 Å². The standard InChI is InChI=1S/C20H24O2/c1-19-7-6-13-12-4-3-11(21)8-10(12)2-5-15(13)20(19)9-14-16(17(14)20)18(19)22/h3-4,8,13-18,21-22H,2,5-7,9H2,1H3/t13?,14-,15?,16?,17?,18+,19-,20?/m1/s1. The summed E-state index contributed by atoms with van der Waals surface area (Å²) in [5, 5.41) is 20.7. The van der Waals surface area contributed by atoms with E-state index in [0.29, 0.717) is 23.0 Å². The van der Waals surface area contributed by atoms with E-state index in [9.17, 15) is 10.2 Å². The van der Waals surface area contributed by atoms with Gasteiger partial charge in [-0.1, -0.05) is 13.0 Å². The summed E-state index contributed by atoms with van der Waals surface area (Å²) in [5.41, 5.74) is 3.52. The minimum Gasteiger partial charge on any atom is -0.508 e. The molecule has 0 heterocycles. The molecule has 22 heavy (non-hydrogen) atoms. The summed E-state index contributed by atoms with van der Waals surface area (Å²) in [4.78, 5) is 0. The molecule has 4 fully saturated rings. The molecule has 2 nitrogen and oxygen atoms in total. The van der Waals surface area contributed by atoms with E-state index in [4.69, 9.17) is 0 Å². The largest absolute Gasteiger partial charge is 0.508 e. The third-order valence-corrected chi connectivity index (χ3v) is 8.85. The Bertz CT molecular complexity index is 697. The Morgan fingerprint density at radius 2 is 2.09 bits per heavy atom. The van der Waals surface area contributed by atoms with Crippen LogP contribution in [-0.2, 0) is 6.42 Å². The molecule has 5 aliphatic rings. The molecule has 5 unspecified atom stereocenters. The van der Waals surface area contributed by atoms with E-state index >= 15 is 0 Å². The fourth-order valence-corrected chi connectivity index (χ4v) is 8.03. The Labute approximate surface area is 131 Å². The second kappa shape index (κ2) is 3.40. The van der Waals surface area contributed by atoms with E-state index in [-0.39, 0.29) is 11.5 Å². The van der Waals surface area contributed by atoms with Crippen LogP contribution in [0.3, 0.4) is 0 Å². The number of aliphatic hydroxyl groups excluding tert-OH is 1. The van der Waals surface area contributed by atoms with Gasteiger partial charge in [-0.25, -0.2) is 0 Å². The van der Waals surface area contributed by atoms with Crippen molar-refractivity contribution in [3.63, 3.8) is 0 Å². The number of aryl methyl sites for hydroxylation is 1. The van der Waals surface area contributed by atoms with Gasteiger partial charge in [-0.3, -0.25) is 0 Å². The third kappa shape index (κ3) is 1.04. The Hall–Kier alpha value is -1.02. The zero-order valence-electron chi connectivity index (χ0n) is 13.1. The van der Waals surface area contributed by atoms with Crippen LogP contribution in [-0.4, -0.2) is 16.3 Å². The lowest BCUT2D eigenvalue weighted by atomic mass is 9.40. The van der Waals surface area contributed by atoms with E-state index < -0.39 is 0 Å². The predicted molar refractivity (Wildman–Crippen MR) is 83.5 cm³/mol. The molecule has 5 aliphatic carbocycles. The van der Waals surface area contributed by atoms with Gasteiger partial charge in [0, 0.05) is 5.41 Å². The van der Waals surface area contributed by atoms with E-state index in [1.807, 2.05) is 12.1 Å². The van der Waals surface area contributed by atoms with Crippen molar-refractivity contribution in [2.24, 2.45) is 34.5 Å². The van der Waals surface area contributed by atoms with Crippen LogP contribution in [0.2, 0.25) is 0 Å². The van der Waals surface area contributed by atoms with Crippen molar-refractivity contribution >= 4 is 0 Å². The van der Waals surface area contributed by atoms with Crippen LogP contribution in [0, 0.1) is 34.5 Å². The number of rotatable bonds is 0. The van der Waals surface area contributed by atoms with E-state index in [0.717, 1.165) is 24.2 Å². The molecule has 0 bridgehead atoms. The van der Waals surface area contributed by atoms with Crippen molar-refractivity contribution < 1.29 is 10.2 Å². The normalized spacial score (nSPS) is 56.3. The predicted octanol–water partition coefficient (Wildman–Crippen LogP) is 3.47. The summed E-state index contributed by atoms with van der Waals surface area (Å²) in [7, 11) is 0. The SMILES string of the molecule is C[C@]12CCC3c4ccc(O)cc4CCC3C13C[C@@H]1C(C13)[C@@H]2O. The van der Waals surface area contributed by atoms with Crippen LogP contribution in [0.1, 0.15) is 49.7 Å². The maximum absolute atomic E-state index is 10.9. The van der Waals surface area contributed by atoms with Gasteiger partial charge in [-0.05, 0) is 90.4 Å². The highest BCUT2D eigenvalue weighted by molar-refractivity contribution is 5.43. The first-order valence-corrected chi connectivity index (χ1v) is 9.08. The molecule has 4 saturated carbocycles. The van der Waals surface area contributed by atoms with Gasteiger partial charge < -0.3 is 10.2 Å². The first-order valence-electron chi connectivity index (χ1n) is 9.08. The average molecular weight is 296 g/mol. The molecule has 1 spiro atoms. The first-order chi connectivity index (χ1) is 10.6. The van der Waals surface area contributed by atoms with Crippen LogP contribution in [0.25, 0.3) is 0 Å². The molecule has 0 radical (unpaired) electrons. The Balaban J connectivity index is 1.48. The summed E-state index contributed by atoms with van der Waals surface area (Å²) in [6.45, 7) is 2.41. The average Bonchev–Trinajstić information content (AvgIpc) is 3.06. The summed E-state index contributed by atoms with van der Waals surface area (Å²) < 4.78 is 0. The number of phenolic OH excluding ortho intramolecular Hbond substituents is 1. The van der Waals surface area contributed by atoms with Crippen molar-refractivity contribution in [2.75, 3.05) is 0 Å². The molecule has 0 amide bonds. The number of benzene rings is 1. The minimum absolute atomic E-state index is 0.0292. The summed E-state index contributed by atoms with van der Waals surface area (Å²) >= 11 is 0. The van der Waals surface area contributed by atoms with Gasteiger partial charge in [-0.2, -0.15) is 0 Å². The monoisotopic (exact) mass is 296 g/mol. The molecule has 2 heteroatoms. The molecular formula is C20H24O2. The van der Waals surface area contributed by atoms with Gasteiger partial charge in [-0.15, -0.1) is 0 Å². The van der Waals surface area contributed by atoms with Gasteiger partial charge in [0.15, 0.2) is 0 Å². The number of aromatic hydroxyl groups is 1. The fraction of sp³-hybridized carbons (Fsp3) is 0.700. The van der Waals surface area contributed by atoms with Gasteiger partial charge >= 0.3 is 0 Å². The van der Waals surface area contributed by atoms with Crippen LogP contribution >= 0.6 is 0 Å². The highest BCUT2D eigenvalue weighted by Crippen LogP contribution is 2.90. The van der Waals surface area contributed by atoms with Crippen LogP contribution < -0.4 is 0 Å². The summed E-state index contributed by atoms with van der Waals surface area (Å²) in [5.74, 6) is 4.21. The molecule has 0 aromatic heterocycles.